The van der Waals surface area contributed by atoms with Gasteiger partial charge in [0.25, 0.3) is 5.91 Å². The van der Waals surface area contributed by atoms with Gasteiger partial charge in [0, 0.05) is 11.6 Å². The normalized spacial score (nSPS) is 10.6. The van der Waals surface area contributed by atoms with Crippen LogP contribution in [0.15, 0.2) is 45.3 Å². The summed E-state index contributed by atoms with van der Waals surface area (Å²) in [4.78, 5) is 20.9. The van der Waals surface area contributed by atoms with Crippen molar-refractivity contribution < 1.29 is 9.21 Å². The third kappa shape index (κ3) is 3.05. The molecule has 0 unspecified atom stereocenters. The Kier molecular flexibility index (Phi) is 4.26. The fraction of sp³-hybridized carbons (Fsp3) is 0.133. The van der Waals surface area contributed by atoms with Gasteiger partial charge in [0.1, 0.15) is 16.5 Å². The molecule has 5 nitrogen and oxygen atoms in total. The van der Waals surface area contributed by atoms with E-state index in [0.717, 1.165) is 5.76 Å². The van der Waals surface area contributed by atoms with Crippen LogP contribution in [0, 0.1) is 6.92 Å². The monoisotopic (exact) mass is 331 g/mol. The Labute approximate surface area is 135 Å². The van der Waals surface area contributed by atoms with E-state index < -0.39 is 0 Å². The van der Waals surface area contributed by atoms with Crippen molar-refractivity contribution in [3.8, 4) is 11.5 Å². The van der Waals surface area contributed by atoms with Crippen LogP contribution in [0.5, 0.6) is 0 Å². The van der Waals surface area contributed by atoms with Crippen LogP contribution in [0.25, 0.3) is 11.5 Å². The summed E-state index contributed by atoms with van der Waals surface area (Å²) >= 11 is 2.80. The van der Waals surface area contributed by atoms with Crippen LogP contribution in [0.1, 0.15) is 16.1 Å². The van der Waals surface area contributed by atoms with Gasteiger partial charge >= 0.3 is 0 Å². The Balaban J connectivity index is 1.79. The number of nitrogens with one attached hydrogen (secondary N) is 1. The second-order valence-electron chi connectivity index (χ2n) is 4.46. The molecule has 0 bridgehead atoms. The highest BCUT2D eigenvalue weighted by atomic mass is 32.2. The lowest BCUT2D eigenvalue weighted by Gasteiger charge is -2.05. The molecule has 0 saturated heterocycles. The van der Waals surface area contributed by atoms with Crippen LogP contribution in [0.4, 0.5) is 5.13 Å². The Hall–Kier alpha value is -2.12. The number of carbonyl (C=O) groups is 1. The standard InChI is InChI=1S/C15H13N3O2S2/c1-9-5-6-12(20-9)11-8-22-15(17-11)18-13(19)10-4-3-7-16-14(10)21-2/h3-8H,1-2H3,(H,17,18,19). The topological polar surface area (TPSA) is 68.0 Å². The van der Waals surface area contributed by atoms with Crippen molar-refractivity contribution in [2.45, 2.75) is 11.9 Å². The summed E-state index contributed by atoms with van der Waals surface area (Å²) in [6, 6.07) is 7.24. The number of rotatable bonds is 4. The van der Waals surface area contributed by atoms with Crippen LogP contribution >= 0.6 is 23.1 Å². The number of nitrogens with zero attached hydrogens (tertiary/aromatic N) is 2. The maximum Gasteiger partial charge on any atom is 0.260 e. The average Bonchev–Trinajstić information content (AvgIpc) is 3.16. The maximum absolute atomic E-state index is 12.3. The number of pyridine rings is 1. The molecule has 3 heterocycles. The number of amides is 1. The van der Waals surface area contributed by atoms with Crippen molar-refractivity contribution in [2.24, 2.45) is 0 Å². The molecular formula is C15H13N3O2S2. The highest BCUT2D eigenvalue weighted by Gasteiger charge is 2.14. The van der Waals surface area contributed by atoms with Crippen molar-refractivity contribution in [2.75, 3.05) is 11.6 Å². The van der Waals surface area contributed by atoms with E-state index in [2.05, 4.69) is 15.3 Å². The van der Waals surface area contributed by atoms with Gasteiger partial charge in [-0.3, -0.25) is 10.1 Å². The molecule has 3 rings (SSSR count). The van der Waals surface area contributed by atoms with E-state index >= 15 is 0 Å². The number of hydrogen-bond donors (Lipinski definition) is 1. The zero-order valence-corrected chi connectivity index (χ0v) is 13.6. The summed E-state index contributed by atoms with van der Waals surface area (Å²) in [5.41, 5.74) is 1.25. The first-order valence-corrected chi connectivity index (χ1v) is 8.60. The molecule has 0 fully saturated rings. The number of carbonyl (C=O) groups excluding carboxylic acids is 1. The zero-order valence-electron chi connectivity index (χ0n) is 12.0. The predicted molar refractivity (Wildman–Crippen MR) is 88.5 cm³/mol. The summed E-state index contributed by atoms with van der Waals surface area (Å²) in [5, 5.41) is 5.88. The minimum Gasteiger partial charge on any atom is -0.460 e. The van der Waals surface area contributed by atoms with E-state index in [1.165, 1.54) is 23.1 Å². The van der Waals surface area contributed by atoms with Gasteiger partial charge in [0.2, 0.25) is 0 Å². The second-order valence-corrected chi connectivity index (χ2v) is 6.12. The van der Waals surface area contributed by atoms with Gasteiger partial charge in [0.05, 0.1) is 5.56 Å². The fourth-order valence-electron chi connectivity index (χ4n) is 1.91. The Morgan fingerprint density at radius 2 is 2.23 bits per heavy atom. The van der Waals surface area contributed by atoms with E-state index in [1.54, 1.807) is 18.3 Å². The molecule has 0 spiro atoms. The van der Waals surface area contributed by atoms with Crippen molar-refractivity contribution in [3.05, 3.63) is 47.2 Å². The van der Waals surface area contributed by atoms with E-state index in [-0.39, 0.29) is 5.91 Å². The number of furan rings is 1. The van der Waals surface area contributed by atoms with Crippen molar-refractivity contribution in [3.63, 3.8) is 0 Å². The maximum atomic E-state index is 12.3. The van der Waals surface area contributed by atoms with Crippen LogP contribution in [-0.4, -0.2) is 22.1 Å². The number of aryl methyl sites for hydroxylation is 1. The van der Waals surface area contributed by atoms with Crippen LogP contribution in [0.3, 0.4) is 0 Å². The van der Waals surface area contributed by atoms with Crippen molar-refractivity contribution >= 4 is 34.1 Å². The molecule has 1 N–H and O–H groups in total. The second kappa shape index (κ2) is 6.33. The quantitative estimate of drug-likeness (QED) is 0.730. The molecule has 0 aliphatic rings. The smallest absolute Gasteiger partial charge is 0.260 e. The molecule has 112 valence electrons. The van der Waals surface area contributed by atoms with Crippen LogP contribution in [0.2, 0.25) is 0 Å². The molecule has 7 heteroatoms. The zero-order chi connectivity index (χ0) is 15.5. The van der Waals surface area contributed by atoms with Crippen LogP contribution in [-0.2, 0) is 0 Å². The van der Waals surface area contributed by atoms with Gasteiger partial charge in [-0.25, -0.2) is 9.97 Å². The van der Waals surface area contributed by atoms with Gasteiger partial charge in [-0.05, 0) is 37.4 Å². The van der Waals surface area contributed by atoms with E-state index in [9.17, 15) is 4.79 Å². The van der Waals surface area contributed by atoms with Crippen molar-refractivity contribution in [1.82, 2.24) is 9.97 Å². The van der Waals surface area contributed by atoms with E-state index in [0.29, 0.717) is 27.2 Å². The number of anilines is 1. The van der Waals surface area contributed by atoms with Gasteiger partial charge in [-0.1, -0.05) is 0 Å². The minimum absolute atomic E-state index is 0.214. The van der Waals surface area contributed by atoms with Crippen LogP contribution < -0.4 is 5.32 Å². The SMILES string of the molecule is CSc1ncccc1C(=O)Nc1nc(-c2ccc(C)o2)cs1. The average molecular weight is 331 g/mol. The number of thiazole rings is 1. The predicted octanol–water partition coefficient (Wildman–Crippen LogP) is 4.08. The van der Waals surface area contributed by atoms with Crippen molar-refractivity contribution in [1.29, 1.82) is 0 Å². The molecule has 3 aromatic rings. The summed E-state index contributed by atoms with van der Waals surface area (Å²) in [6.07, 6.45) is 3.56. The first kappa shape index (κ1) is 14.8. The lowest BCUT2D eigenvalue weighted by Crippen LogP contribution is -2.13. The minimum atomic E-state index is -0.214. The van der Waals surface area contributed by atoms with Gasteiger partial charge in [-0.15, -0.1) is 23.1 Å². The molecule has 22 heavy (non-hydrogen) atoms. The number of hydrogen-bond acceptors (Lipinski definition) is 6. The molecule has 1 amide bonds. The van der Waals surface area contributed by atoms with Gasteiger partial charge in [-0.2, -0.15) is 0 Å². The lowest BCUT2D eigenvalue weighted by atomic mass is 10.3. The van der Waals surface area contributed by atoms with E-state index in [4.69, 9.17) is 4.42 Å². The molecule has 0 radical (unpaired) electrons. The third-order valence-corrected chi connectivity index (χ3v) is 4.40. The Bertz CT molecular complexity index is 810. The summed E-state index contributed by atoms with van der Waals surface area (Å²) in [6.45, 7) is 1.88. The largest absolute Gasteiger partial charge is 0.460 e. The molecule has 0 aromatic carbocycles. The highest BCUT2D eigenvalue weighted by Crippen LogP contribution is 2.27. The molecular weight excluding hydrogens is 318 g/mol. The first-order chi connectivity index (χ1) is 10.7. The summed E-state index contributed by atoms with van der Waals surface area (Å²) < 4.78 is 5.53. The third-order valence-electron chi connectivity index (χ3n) is 2.93. The van der Waals surface area contributed by atoms with Gasteiger partial charge < -0.3 is 4.42 Å². The number of thioether (sulfide) groups is 1. The van der Waals surface area contributed by atoms with Gasteiger partial charge in [0.15, 0.2) is 10.9 Å². The summed E-state index contributed by atoms with van der Waals surface area (Å²) in [5.74, 6) is 1.31. The Morgan fingerprint density at radius 3 is 2.95 bits per heavy atom. The molecule has 0 aliphatic heterocycles. The Morgan fingerprint density at radius 1 is 1.36 bits per heavy atom. The summed E-state index contributed by atoms with van der Waals surface area (Å²) in [7, 11) is 0. The first-order valence-electron chi connectivity index (χ1n) is 6.50. The fourth-order valence-corrected chi connectivity index (χ4v) is 3.15. The molecule has 3 aromatic heterocycles. The molecule has 0 atom stereocenters. The lowest BCUT2D eigenvalue weighted by molar-refractivity contribution is 0.102. The highest BCUT2D eigenvalue weighted by molar-refractivity contribution is 7.98. The number of aromatic nitrogens is 2. The van der Waals surface area contributed by atoms with E-state index in [1.807, 2.05) is 30.7 Å². The molecule has 0 saturated carbocycles. The molecule has 0 aliphatic carbocycles.